The summed E-state index contributed by atoms with van der Waals surface area (Å²) in [4.78, 5) is 18.4. The molecule has 0 aromatic carbocycles. The molecule has 10 heavy (non-hydrogen) atoms. The Bertz CT molecular complexity index is 97.4. The van der Waals surface area contributed by atoms with E-state index >= 15 is 0 Å². The standard InChI is InChI=1S/C4H6O2S.2ClH.Na/c1-3(5)7-4(2)6;;;/h1-2H3;2*1H;/q;;;+1/p-1. The van der Waals surface area contributed by atoms with Crippen LogP contribution in [0.3, 0.4) is 0 Å². The summed E-state index contributed by atoms with van der Waals surface area (Å²) >= 11 is 0.843. The fourth-order valence-corrected chi connectivity index (χ4v) is 0.624. The van der Waals surface area contributed by atoms with Crippen LogP contribution in [0.5, 0.6) is 0 Å². The predicted molar refractivity (Wildman–Crippen MR) is 30.9 cm³/mol. The zero-order valence-electron chi connectivity index (χ0n) is 6.02. The van der Waals surface area contributed by atoms with Gasteiger partial charge in [-0.3, -0.25) is 9.59 Å². The normalized spacial score (nSPS) is 5.80. The van der Waals surface area contributed by atoms with Gasteiger partial charge in [0, 0.05) is 18.7 Å². The van der Waals surface area contributed by atoms with Gasteiger partial charge in [-0.1, -0.05) is 0 Å². The minimum atomic E-state index is -0.0833. The van der Waals surface area contributed by atoms with E-state index in [1.807, 2.05) is 0 Å². The zero-order valence-corrected chi connectivity index (χ0v) is 10.3. The average molecular weight is 213 g/mol. The molecule has 0 bridgehead atoms. The molecule has 0 aliphatic rings. The van der Waals surface area contributed by atoms with Gasteiger partial charge in [-0.2, -0.15) is 0 Å². The quantitative estimate of drug-likeness (QED) is 0.296. The molecule has 2 nitrogen and oxygen atoms in total. The first kappa shape index (κ1) is 22.5. The molecule has 56 valence electrons. The van der Waals surface area contributed by atoms with Crippen molar-refractivity contribution in [3.8, 4) is 0 Å². The second kappa shape index (κ2) is 12.9. The van der Waals surface area contributed by atoms with Crippen molar-refractivity contribution in [2.24, 2.45) is 0 Å². The third-order valence-corrected chi connectivity index (χ3v) is 0.874. The average Bonchev–Trinajstić information content (AvgIpc) is 1.27. The van der Waals surface area contributed by atoms with Crippen LogP contribution in [0.2, 0.25) is 0 Å². The van der Waals surface area contributed by atoms with Crippen molar-refractivity contribution in [2.45, 2.75) is 13.8 Å². The van der Waals surface area contributed by atoms with Crippen LogP contribution < -0.4 is 54.4 Å². The Morgan fingerprint density at radius 3 is 1.60 bits per heavy atom. The zero-order chi connectivity index (χ0) is 5.86. The van der Waals surface area contributed by atoms with E-state index < -0.39 is 0 Å². The van der Waals surface area contributed by atoms with Crippen molar-refractivity contribution < 1.29 is 64.0 Å². The monoisotopic (exact) mass is 212 g/mol. The number of hydrogen-bond acceptors (Lipinski definition) is 2. The van der Waals surface area contributed by atoms with Crippen LogP contribution in [-0.4, -0.2) is 15.0 Å². The first-order chi connectivity index (χ1) is 3.13. The minimum Gasteiger partial charge on any atom is -1.00 e. The topological polar surface area (TPSA) is 38.5 Å². The first-order valence-corrected chi connectivity index (χ1v) is 2.65. The fourth-order valence-electron chi connectivity index (χ4n) is 0.208. The van der Waals surface area contributed by atoms with Gasteiger partial charge in [0.05, 0.1) is 6.92 Å². The van der Waals surface area contributed by atoms with E-state index in [-0.39, 0.29) is 64.6 Å². The third-order valence-electron chi connectivity index (χ3n) is 0.291. The summed E-state index contributed by atoms with van der Waals surface area (Å²) in [5.74, 6) is 0. The van der Waals surface area contributed by atoms with E-state index in [1.54, 1.807) is 0 Å². The molecular formula is C4H7Cl2NaO2S. The number of hydrogen-bond donors (Lipinski definition) is 0. The molecular weight excluding hydrogens is 206 g/mol. The summed E-state index contributed by atoms with van der Waals surface area (Å²) in [6.45, 7) is 2.89. The van der Waals surface area contributed by atoms with E-state index in [0.717, 1.165) is 11.8 Å². The summed E-state index contributed by atoms with van der Waals surface area (Å²) in [5, 5.41) is 0.0208. The van der Waals surface area contributed by atoms with Gasteiger partial charge in [0.25, 0.3) is 0 Å². The molecule has 0 heterocycles. The van der Waals surface area contributed by atoms with E-state index in [1.165, 1.54) is 13.8 Å². The molecule has 0 amide bonds. The van der Waals surface area contributed by atoms with Crippen LogP contribution in [0.4, 0.5) is 0 Å². The van der Waals surface area contributed by atoms with Crippen molar-refractivity contribution in [3.63, 3.8) is 0 Å². The SMILES string of the molecule is CC(=O)SC(C)=[OH+].[Cl-].[Cl-].[Na+]. The fraction of sp³-hybridized carbons (Fsp3) is 0.500. The molecule has 0 radical (unpaired) electrons. The number of halogens is 2. The number of thioether (sulfide) groups is 1. The van der Waals surface area contributed by atoms with Crippen LogP contribution in [-0.2, 0) is 4.79 Å². The molecule has 0 atom stereocenters. The van der Waals surface area contributed by atoms with Gasteiger partial charge >= 0.3 is 34.7 Å². The molecule has 0 aromatic heterocycles. The van der Waals surface area contributed by atoms with Gasteiger partial charge in [0.1, 0.15) is 0 Å². The maximum atomic E-state index is 10.0. The number of carbonyl (C=O) groups excluding carboxylic acids is 2. The molecule has 0 saturated heterocycles. The van der Waals surface area contributed by atoms with Crippen LogP contribution in [0, 0.1) is 0 Å². The molecule has 6 heteroatoms. The molecule has 0 aliphatic heterocycles. The van der Waals surface area contributed by atoms with Gasteiger partial charge in [0.15, 0.2) is 5.12 Å². The number of carbonyl (C=O) groups is 1. The Labute approximate surface area is 99.0 Å². The molecule has 0 rings (SSSR count). The minimum absolute atomic E-state index is 0. The van der Waals surface area contributed by atoms with Crippen molar-refractivity contribution in [2.75, 3.05) is 0 Å². The Kier molecular flexibility index (Phi) is 29.0. The van der Waals surface area contributed by atoms with Crippen molar-refractivity contribution in [1.82, 2.24) is 0 Å². The van der Waals surface area contributed by atoms with Crippen LogP contribution in [0.1, 0.15) is 13.8 Å². The Morgan fingerprint density at radius 2 is 1.60 bits per heavy atom. The summed E-state index contributed by atoms with van der Waals surface area (Å²) in [6.07, 6.45) is 0. The van der Waals surface area contributed by atoms with Crippen molar-refractivity contribution in [1.29, 1.82) is 0 Å². The summed E-state index contributed by atoms with van der Waals surface area (Å²) in [5.41, 5.74) is 0. The van der Waals surface area contributed by atoms with Crippen LogP contribution in [0.15, 0.2) is 0 Å². The molecule has 1 N–H and O–H groups in total. The van der Waals surface area contributed by atoms with Crippen LogP contribution in [0.25, 0.3) is 0 Å². The molecule has 0 unspecified atom stereocenters. The molecule has 0 aliphatic carbocycles. The predicted octanol–water partition coefficient (Wildman–Crippen LogP) is -8.20. The van der Waals surface area contributed by atoms with Crippen LogP contribution >= 0.6 is 11.8 Å². The number of rotatable bonds is 0. The Balaban J connectivity index is -0.0000000600. The molecule has 0 spiro atoms. The van der Waals surface area contributed by atoms with E-state index in [0.29, 0.717) is 0 Å². The maximum Gasteiger partial charge on any atom is 1.00 e. The molecule has 0 aromatic rings. The van der Waals surface area contributed by atoms with Gasteiger partial charge < -0.3 is 24.8 Å². The molecule has 0 saturated carbocycles. The van der Waals surface area contributed by atoms with E-state index in [4.69, 9.17) is 4.79 Å². The second-order valence-corrected chi connectivity index (χ2v) is 2.48. The summed E-state index contributed by atoms with van der Waals surface area (Å²) in [7, 11) is 0. The summed E-state index contributed by atoms with van der Waals surface area (Å²) in [6, 6.07) is 0. The summed E-state index contributed by atoms with van der Waals surface area (Å²) < 4.78 is 0. The Morgan fingerprint density at radius 1 is 1.30 bits per heavy atom. The van der Waals surface area contributed by atoms with Gasteiger partial charge in [0.2, 0.25) is 0 Å². The smallest absolute Gasteiger partial charge is 1.00 e. The van der Waals surface area contributed by atoms with E-state index in [9.17, 15) is 4.79 Å². The van der Waals surface area contributed by atoms with E-state index in [2.05, 4.69) is 0 Å². The van der Waals surface area contributed by atoms with Crippen molar-refractivity contribution >= 4 is 22.0 Å². The molecule has 0 fully saturated rings. The largest absolute Gasteiger partial charge is 1.00 e. The van der Waals surface area contributed by atoms with Gasteiger partial charge in [-0.05, 0) is 0 Å². The Hall–Kier alpha value is 1.27. The van der Waals surface area contributed by atoms with Gasteiger partial charge in [-0.15, -0.1) is 0 Å². The second-order valence-electron chi connectivity index (χ2n) is 1.11. The maximum absolute atomic E-state index is 10.0. The first-order valence-electron chi connectivity index (χ1n) is 1.84. The van der Waals surface area contributed by atoms with Gasteiger partial charge in [-0.25, -0.2) is 0 Å². The third kappa shape index (κ3) is 22.8. The van der Waals surface area contributed by atoms with Crippen molar-refractivity contribution in [3.05, 3.63) is 0 Å².